The average Bonchev–Trinajstić information content (AvgIpc) is 2.93. The largest absolute Gasteiger partial charge is 0.460 e. The first kappa shape index (κ1) is 9.60. The van der Waals surface area contributed by atoms with E-state index < -0.39 is 0 Å². The van der Waals surface area contributed by atoms with Crippen LogP contribution in [0.5, 0.6) is 0 Å². The molecule has 3 heterocycles. The first-order chi connectivity index (χ1) is 7.33. The van der Waals surface area contributed by atoms with Crippen LogP contribution in [0.1, 0.15) is 25.7 Å². The molecule has 15 heavy (non-hydrogen) atoms. The predicted molar refractivity (Wildman–Crippen MR) is 53.4 cm³/mol. The molecule has 4 nitrogen and oxygen atoms in total. The van der Waals surface area contributed by atoms with Crippen LogP contribution in [0.25, 0.3) is 0 Å². The van der Waals surface area contributed by atoms with Crippen molar-refractivity contribution in [1.29, 1.82) is 0 Å². The number of carbonyl (C=O) groups excluding carboxylic acids is 1. The molecule has 0 radical (unpaired) electrons. The van der Waals surface area contributed by atoms with Crippen LogP contribution in [-0.4, -0.2) is 37.4 Å². The summed E-state index contributed by atoms with van der Waals surface area (Å²) in [6.45, 7) is 1.31. The maximum atomic E-state index is 11.9. The zero-order valence-electron chi connectivity index (χ0n) is 8.78. The van der Waals surface area contributed by atoms with E-state index in [2.05, 4.69) is 5.32 Å². The Bertz CT molecular complexity index is 263. The van der Waals surface area contributed by atoms with Crippen LogP contribution in [0.15, 0.2) is 0 Å². The van der Waals surface area contributed by atoms with Gasteiger partial charge in [0.2, 0.25) is 0 Å². The molecule has 2 bridgehead atoms. The van der Waals surface area contributed by atoms with Gasteiger partial charge in [-0.05, 0) is 19.3 Å². The van der Waals surface area contributed by atoms with E-state index in [4.69, 9.17) is 9.47 Å². The third-order valence-corrected chi connectivity index (χ3v) is 3.77. The molecular formula is C11H17NO3. The van der Waals surface area contributed by atoms with Crippen LogP contribution in [-0.2, 0) is 14.3 Å². The summed E-state index contributed by atoms with van der Waals surface area (Å²) < 4.78 is 10.6. The number of ether oxygens (including phenoxy) is 2. The molecule has 0 saturated carbocycles. The van der Waals surface area contributed by atoms with Crippen LogP contribution in [0, 0.1) is 5.92 Å². The smallest absolute Gasteiger partial charge is 0.310 e. The Kier molecular flexibility index (Phi) is 2.41. The van der Waals surface area contributed by atoms with Gasteiger partial charge in [-0.1, -0.05) is 0 Å². The third-order valence-electron chi connectivity index (χ3n) is 3.77. The molecular weight excluding hydrogens is 194 g/mol. The van der Waals surface area contributed by atoms with Crippen molar-refractivity contribution in [2.75, 3.05) is 13.2 Å². The molecule has 4 unspecified atom stereocenters. The highest BCUT2D eigenvalue weighted by Crippen LogP contribution is 2.34. The number of esters is 1. The van der Waals surface area contributed by atoms with Crippen molar-refractivity contribution in [2.24, 2.45) is 5.92 Å². The van der Waals surface area contributed by atoms with Crippen molar-refractivity contribution in [3.05, 3.63) is 0 Å². The van der Waals surface area contributed by atoms with Gasteiger partial charge < -0.3 is 14.8 Å². The average molecular weight is 211 g/mol. The molecule has 1 N–H and O–H groups in total. The second kappa shape index (κ2) is 3.76. The van der Waals surface area contributed by atoms with Crippen LogP contribution in [0.4, 0.5) is 0 Å². The summed E-state index contributed by atoms with van der Waals surface area (Å²) >= 11 is 0. The lowest BCUT2D eigenvalue weighted by molar-refractivity contribution is -0.154. The van der Waals surface area contributed by atoms with Gasteiger partial charge in [-0.3, -0.25) is 4.79 Å². The third kappa shape index (κ3) is 1.76. The second-order valence-electron chi connectivity index (χ2n) is 4.81. The molecule has 84 valence electrons. The number of rotatable bonds is 2. The van der Waals surface area contributed by atoms with Gasteiger partial charge in [-0.25, -0.2) is 0 Å². The van der Waals surface area contributed by atoms with E-state index in [-0.39, 0.29) is 18.0 Å². The van der Waals surface area contributed by atoms with Crippen LogP contribution in [0.2, 0.25) is 0 Å². The molecule has 3 rings (SSSR count). The van der Waals surface area contributed by atoms with E-state index >= 15 is 0 Å². The summed E-state index contributed by atoms with van der Waals surface area (Å²) in [5.41, 5.74) is 0. The van der Waals surface area contributed by atoms with Crippen molar-refractivity contribution >= 4 is 5.97 Å². The van der Waals surface area contributed by atoms with E-state index in [1.807, 2.05) is 0 Å². The first-order valence-electron chi connectivity index (χ1n) is 5.87. The van der Waals surface area contributed by atoms with Crippen molar-refractivity contribution < 1.29 is 14.3 Å². The van der Waals surface area contributed by atoms with Crippen molar-refractivity contribution in [3.8, 4) is 0 Å². The SMILES string of the molecule is O=C(OC1CCOC1)C1CC2CCC1N2. The van der Waals surface area contributed by atoms with E-state index in [0.29, 0.717) is 18.7 Å². The number of carbonyl (C=O) groups is 1. The maximum absolute atomic E-state index is 11.9. The monoisotopic (exact) mass is 211 g/mol. The molecule has 0 amide bonds. The zero-order valence-corrected chi connectivity index (χ0v) is 8.78. The highest BCUT2D eigenvalue weighted by molar-refractivity contribution is 5.74. The Balaban J connectivity index is 1.56. The molecule has 3 aliphatic rings. The number of hydrogen-bond donors (Lipinski definition) is 1. The van der Waals surface area contributed by atoms with Crippen molar-refractivity contribution in [3.63, 3.8) is 0 Å². The Morgan fingerprint density at radius 2 is 2.27 bits per heavy atom. The Morgan fingerprint density at radius 1 is 1.33 bits per heavy atom. The summed E-state index contributed by atoms with van der Waals surface area (Å²) in [6.07, 6.45) is 4.19. The minimum Gasteiger partial charge on any atom is -0.460 e. The van der Waals surface area contributed by atoms with Crippen molar-refractivity contribution in [1.82, 2.24) is 5.32 Å². The van der Waals surface area contributed by atoms with Gasteiger partial charge in [0.1, 0.15) is 6.10 Å². The topological polar surface area (TPSA) is 47.6 Å². The lowest BCUT2D eigenvalue weighted by atomic mass is 9.89. The quantitative estimate of drug-likeness (QED) is 0.674. The molecule has 4 heteroatoms. The number of nitrogens with one attached hydrogen (secondary N) is 1. The molecule has 0 aromatic heterocycles. The normalized spacial score (nSPS) is 43.5. The Hall–Kier alpha value is -0.610. The molecule has 3 fully saturated rings. The summed E-state index contributed by atoms with van der Waals surface area (Å²) in [4.78, 5) is 11.9. The Labute approximate surface area is 89.3 Å². The van der Waals surface area contributed by atoms with Gasteiger partial charge in [-0.2, -0.15) is 0 Å². The van der Waals surface area contributed by atoms with Crippen LogP contribution < -0.4 is 5.32 Å². The van der Waals surface area contributed by atoms with Gasteiger partial charge in [-0.15, -0.1) is 0 Å². The second-order valence-corrected chi connectivity index (χ2v) is 4.81. The van der Waals surface area contributed by atoms with Crippen LogP contribution >= 0.6 is 0 Å². The van der Waals surface area contributed by atoms with Gasteiger partial charge in [0, 0.05) is 18.5 Å². The predicted octanol–water partition coefficient (Wildman–Crippen LogP) is 0.459. The highest BCUT2D eigenvalue weighted by Gasteiger charge is 2.44. The van der Waals surface area contributed by atoms with Gasteiger partial charge in [0.25, 0.3) is 0 Å². The lowest BCUT2D eigenvalue weighted by Gasteiger charge is -2.20. The minimum atomic E-state index is -0.00907. The fourth-order valence-electron chi connectivity index (χ4n) is 2.94. The molecule has 3 aliphatic heterocycles. The summed E-state index contributed by atoms with van der Waals surface area (Å²) in [5.74, 6) is 0.0922. The molecule has 4 atom stereocenters. The standard InChI is InChI=1S/C11H17NO3/c13-11(15-8-3-4-14-6-8)9-5-7-1-2-10(9)12-7/h7-10,12H,1-6H2. The summed E-state index contributed by atoms with van der Waals surface area (Å²) in [7, 11) is 0. The van der Waals surface area contributed by atoms with E-state index in [1.165, 1.54) is 6.42 Å². The van der Waals surface area contributed by atoms with E-state index in [9.17, 15) is 4.79 Å². The molecule has 0 aromatic carbocycles. The summed E-state index contributed by atoms with van der Waals surface area (Å²) in [5, 5.41) is 3.45. The van der Waals surface area contributed by atoms with Crippen LogP contribution in [0.3, 0.4) is 0 Å². The Morgan fingerprint density at radius 3 is 2.87 bits per heavy atom. The van der Waals surface area contributed by atoms with Gasteiger partial charge >= 0.3 is 5.97 Å². The number of hydrogen-bond acceptors (Lipinski definition) is 4. The minimum absolute atomic E-state index is 0.00907. The maximum Gasteiger partial charge on any atom is 0.310 e. The molecule has 3 saturated heterocycles. The zero-order chi connectivity index (χ0) is 10.3. The van der Waals surface area contributed by atoms with Gasteiger partial charge in [0.15, 0.2) is 0 Å². The lowest BCUT2D eigenvalue weighted by Crippen LogP contribution is -2.32. The van der Waals surface area contributed by atoms with E-state index in [1.54, 1.807) is 0 Å². The molecule has 0 aliphatic carbocycles. The molecule has 0 spiro atoms. The summed E-state index contributed by atoms with van der Waals surface area (Å²) in [6, 6.07) is 0.942. The van der Waals surface area contributed by atoms with E-state index in [0.717, 1.165) is 25.9 Å². The fraction of sp³-hybridized carbons (Fsp3) is 0.909. The molecule has 0 aromatic rings. The van der Waals surface area contributed by atoms with Gasteiger partial charge in [0.05, 0.1) is 19.1 Å². The fourth-order valence-corrected chi connectivity index (χ4v) is 2.94. The highest BCUT2D eigenvalue weighted by atomic mass is 16.6. The first-order valence-corrected chi connectivity index (χ1v) is 5.87. The van der Waals surface area contributed by atoms with Crippen molar-refractivity contribution in [2.45, 2.75) is 43.9 Å². The number of fused-ring (bicyclic) bond motifs is 2.